The summed E-state index contributed by atoms with van der Waals surface area (Å²) in [4.78, 5) is 14.1. The van der Waals surface area contributed by atoms with Crippen molar-refractivity contribution in [1.29, 1.82) is 5.26 Å². The van der Waals surface area contributed by atoms with Gasteiger partial charge < -0.3 is 9.90 Å². The van der Waals surface area contributed by atoms with Crippen LogP contribution in [0.1, 0.15) is 77.0 Å². The van der Waals surface area contributed by atoms with Crippen LogP contribution in [-0.2, 0) is 4.79 Å². The average molecular weight is 359 g/mol. The molecule has 1 aromatic carbocycles. The van der Waals surface area contributed by atoms with Crippen molar-refractivity contribution in [3.8, 4) is 6.07 Å². The molecule has 1 aliphatic carbocycles. The highest BCUT2D eigenvalue weighted by Gasteiger charge is 2.09. The van der Waals surface area contributed by atoms with Crippen molar-refractivity contribution in [2.75, 3.05) is 0 Å². The van der Waals surface area contributed by atoms with E-state index in [2.05, 4.69) is 18.0 Å². The summed E-state index contributed by atoms with van der Waals surface area (Å²) in [5.74, 6) is 1.06. The van der Waals surface area contributed by atoms with Crippen LogP contribution in [0.15, 0.2) is 17.1 Å². The second-order valence-corrected chi connectivity index (χ2v) is 7.84. The molecule has 2 rings (SSSR count). The summed E-state index contributed by atoms with van der Waals surface area (Å²) < 4.78 is 0. The molecule has 1 aromatic rings. The minimum Gasteiger partial charge on any atom is -0.390 e. The molecule has 0 aliphatic heterocycles. The smallest absolute Gasteiger partial charge is 0.122 e. The van der Waals surface area contributed by atoms with E-state index in [9.17, 15) is 4.79 Å². The Hall–Kier alpha value is -1.99. The number of benzene rings is 1. The molecular weight excluding hydrogens is 324 g/mol. The molecule has 0 atom stereocenters. The van der Waals surface area contributed by atoms with Crippen LogP contribution in [0.25, 0.3) is 0 Å². The Morgan fingerprint density at radius 3 is 2.12 bits per heavy atom. The lowest BCUT2D eigenvalue weighted by atomic mass is 9.88. The maximum atomic E-state index is 9.66. The molecule has 1 saturated carbocycles. The van der Waals surface area contributed by atoms with Gasteiger partial charge in [0.15, 0.2) is 0 Å². The fourth-order valence-corrected chi connectivity index (χ4v) is 2.10. The van der Waals surface area contributed by atoms with Crippen molar-refractivity contribution >= 4 is 17.7 Å². The first-order chi connectivity index (χ1) is 12.0. The van der Waals surface area contributed by atoms with E-state index in [1.165, 1.54) is 19.3 Å². The van der Waals surface area contributed by atoms with Gasteiger partial charge in [-0.15, -0.1) is 0 Å². The summed E-state index contributed by atoms with van der Waals surface area (Å²) in [5.41, 5.74) is 3.93. The van der Waals surface area contributed by atoms with E-state index in [4.69, 9.17) is 10.4 Å². The van der Waals surface area contributed by atoms with Crippen molar-refractivity contribution in [3.63, 3.8) is 0 Å². The van der Waals surface area contributed by atoms with E-state index in [0.717, 1.165) is 34.0 Å². The van der Waals surface area contributed by atoms with Crippen LogP contribution in [0, 0.1) is 31.1 Å². The number of aldehydes is 1. The van der Waals surface area contributed by atoms with Gasteiger partial charge in [0.1, 0.15) is 6.29 Å². The van der Waals surface area contributed by atoms with E-state index in [0.29, 0.717) is 6.29 Å². The summed E-state index contributed by atoms with van der Waals surface area (Å²) in [7, 11) is 0. The normalized spacial score (nSPS) is 13.0. The second-order valence-electron chi connectivity index (χ2n) is 7.84. The van der Waals surface area contributed by atoms with Gasteiger partial charge in [-0.2, -0.15) is 5.26 Å². The van der Waals surface area contributed by atoms with E-state index in [1.807, 2.05) is 39.8 Å². The fourth-order valence-electron chi connectivity index (χ4n) is 2.10. The Kier molecular flexibility index (Phi) is 10.7. The van der Waals surface area contributed by atoms with Gasteiger partial charge in [-0.05, 0) is 70.7 Å². The molecule has 0 amide bonds. The minimum atomic E-state index is -0.818. The van der Waals surface area contributed by atoms with Gasteiger partial charge in [0.2, 0.25) is 0 Å². The summed E-state index contributed by atoms with van der Waals surface area (Å²) in [6.45, 7) is 13.3. The van der Waals surface area contributed by atoms with Crippen LogP contribution >= 0.6 is 0 Å². The lowest BCUT2D eigenvalue weighted by Crippen LogP contribution is -2.18. The van der Waals surface area contributed by atoms with Gasteiger partial charge in [0.05, 0.1) is 22.9 Å². The monoisotopic (exact) mass is 358 g/mol. The number of hydrogen-bond acceptors (Lipinski definition) is 4. The van der Waals surface area contributed by atoms with Crippen molar-refractivity contribution in [1.82, 2.24) is 0 Å². The molecule has 1 aliphatic rings. The molecule has 26 heavy (non-hydrogen) atoms. The molecule has 144 valence electrons. The van der Waals surface area contributed by atoms with Gasteiger partial charge in [0, 0.05) is 12.1 Å². The zero-order valence-electron chi connectivity index (χ0n) is 17.4. The molecule has 0 bridgehead atoms. The highest BCUT2D eigenvalue weighted by atomic mass is 16.3. The summed E-state index contributed by atoms with van der Waals surface area (Å²) in [6.07, 6.45) is 5.38. The number of aliphatic hydroxyl groups is 1. The molecule has 0 saturated heterocycles. The van der Waals surface area contributed by atoms with E-state index >= 15 is 0 Å². The zero-order valence-corrected chi connectivity index (χ0v) is 17.4. The molecule has 1 fully saturated rings. The van der Waals surface area contributed by atoms with Crippen molar-refractivity contribution in [2.45, 2.75) is 79.8 Å². The number of aryl methyl sites for hydroxylation is 2. The number of nitriles is 1. The molecular formula is C22H34N2O2. The van der Waals surface area contributed by atoms with Crippen LogP contribution in [-0.4, -0.2) is 22.7 Å². The lowest BCUT2D eigenvalue weighted by Gasteiger charge is -2.18. The Balaban J connectivity index is 0.000000430. The van der Waals surface area contributed by atoms with E-state index < -0.39 is 5.60 Å². The van der Waals surface area contributed by atoms with Crippen LogP contribution in [0.5, 0.6) is 0 Å². The molecule has 0 unspecified atom stereocenters. The highest BCUT2D eigenvalue weighted by molar-refractivity contribution is 5.82. The van der Waals surface area contributed by atoms with E-state index in [1.54, 1.807) is 13.8 Å². The number of hydrogen-bond donors (Lipinski definition) is 1. The third-order valence-corrected chi connectivity index (χ3v) is 3.98. The zero-order chi connectivity index (χ0) is 20.3. The van der Waals surface area contributed by atoms with Crippen LogP contribution in [0.3, 0.4) is 0 Å². The third-order valence-electron chi connectivity index (χ3n) is 3.98. The lowest BCUT2D eigenvalue weighted by molar-refractivity contribution is -0.111. The van der Waals surface area contributed by atoms with Crippen molar-refractivity contribution in [3.05, 3.63) is 28.8 Å². The topological polar surface area (TPSA) is 73.4 Å². The maximum absolute atomic E-state index is 9.66. The first-order valence-corrected chi connectivity index (χ1v) is 9.19. The molecule has 1 N–H and O–H groups in total. The quantitative estimate of drug-likeness (QED) is 0.577. The summed E-state index contributed by atoms with van der Waals surface area (Å²) >= 11 is 0. The number of carbonyl (C=O) groups excluding carboxylic acids is 1. The summed E-state index contributed by atoms with van der Waals surface area (Å²) in [5, 5.41) is 17.6. The molecule has 4 nitrogen and oxygen atoms in total. The van der Waals surface area contributed by atoms with Crippen molar-refractivity contribution < 1.29 is 9.90 Å². The number of aliphatic imine (C=N–C) groups is 1. The van der Waals surface area contributed by atoms with Gasteiger partial charge in [-0.25, -0.2) is 0 Å². The molecule has 0 heterocycles. The number of nitrogens with zero attached hydrogens (tertiary/aromatic N) is 2. The minimum absolute atomic E-state index is 0.215. The van der Waals surface area contributed by atoms with Gasteiger partial charge in [-0.1, -0.05) is 26.2 Å². The van der Waals surface area contributed by atoms with E-state index in [-0.39, 0.29) is 6.42 Å². The molecule has 0 radical (unpaired) electrons. The predicted octanol–water partition coefficient (Wildman–Crippen LogP) is 5.44. The van der Waals surface area contributed by atoms with Gasteiger partial charge in [-0.3, -0.25) is 4.99 Å². The standard InChI is InChI=1S/C12H14N2.C5H10O2.C5H10/c1-8(2)14-12-6-9(3)11(7-13)5-10(12)4;1-5(2,7)3-4-6;1-5-3-2-4-5/h5-6H,1-4H3;4,7H,3H2,1-2H3;5H,2-4H2,1H3. The Labute approximate surface area is 159 Å². The fraction of sp³-hybridized carbons (Fsp3) is 0.591. The largest absolute Gasteiger partial charge is 0.390 e. The second kappa shape index (κ2) is 11.6. The molecule has 0 spiro atoms. The van der Waals surface area contributed by atoms with Crippen molar-refractivity contribution in [2.24, 2.45) is 10.9 Å². The third kappa shape index (κ3) is 10.8. The number of rotatable bonds is 3. The summed E-state index contributed by atoms with van der Waals surface area (Å²) in [6, 6.07) is 6.01. The van der Waals surface area contributed by atoms with Gasteiger partial charge >= 0.3 is 0 Å². The van der Waals surface area contributed by atoms with Crippen LogP contribution < -0.4 is 0 Å². The first kappa shape index (κ1) is 24.0. The maximum Gasteiger partial charge on any atom is 0.122 e. The Morgan fingerprint density at radius 2 is 1.85 bits per heavy atom. The Morgan fingerprint density at radius 1 is 1.31 bits per heavy atom. The Bertz CT molecular complexity index is 641. The van der Waals surface area contributed by atoms with Crippen LogP contribution in [0.4, 0.5) is 5.69 Å². The predicted molar refractivity (Wildman–Crippen MR) is 109 cm³/mol. The highest BCUT2D eigenvalue weighted by Crippen LogP contribution is 2.24. The molecule has 0 aromatic heterocycles. The van der Waals surface area contributed by atoms with Crippen LogP contribution in [0.2, 0.25) is 0 Å². The number of carbonyl (C=O) groups is 1. The molecule has 4 heteroatoms. The SMILES string of the molecule is CC(C)(O)CC=O.CC(C)=Nc1cc(C)c(C#N)cc1C.CC1CCC1. The van der Waals surface area contributed by atoms with Gasteiger partial charge in [0.25, 0.3) is 0 Å². The average Bonchev–Trinajstić information content (AvgIpc) is 2.48. The first-order valence-electron chi connectivity index (χ1n) is 9.19.